The van der Waals surface area contributed by atoms with Gasteiger partial charge in [-0.2, -0.15) is 0 Å². The van der Waals surface area contributed by atoms with Crippen molar-refractivity contribution in [1.82, 2.24) is 9.88 Å². The Labute approximate surface area is 183 Å². The topological polar surface area (TPSA) is 124 Å². The van der Waals surface area contributed by atoms with E-state index >= 15 is 0 Å². The van der Waals surface area contributed by atoms with Gasteiger partial charge in [0.05, 0.1) is 40.6 Å². The number of H-pyrrole nitrogens is 1. The van der Waals surface area contributed by atoms with Gasteiger partial charge in [0.25, 0.3) is 0 Å². The van der Waals surface area contributed by atoms with Crippen molar-refractivity contribution in [2.75, 3.05) is 35.0 Å². The number of fused-ring (bicyclic) bond motifs is 5. The van der Waals surface area contributed by atoms with Crippen LogP contribution in [-0.2, 0) is 45.3 Å². The number of Topliss-reactive ketones (excluding diaryl/α,β-unsaturated/α-hetero) is 1. The van der Waals surface area contributed by atoms with Gasteiger partial charge in [-0.3, -0.25) is 9.59 Å². The van der Waals surface area contributed by atoms with Crippen molar-refractivity contribution in [3.8, 4) is 5.75 Å². The Bertz CT molecular complexity index is 1190. The minimum atomic E-state index is -1.68. The number of hydrogen-bond donors (Lipinski definition) is 1. The first-order valence-electron chi connectivity index (χ1n) is 9.83. The summed E-state index contributed by atoms with van der Waals surface area (Å²) in [4.78, 5) is 56.3. The third kappa shape index (κ3) is 2.79. The summed E-state index contributed by atoms with van der Waals surface area (Å²) in [6.45, 7) is 0.185. The number of aromatic amines is 1. The molecule has 1 aromatic heterocycles. The Hall–Kier alpha value is -3.82. The fraction of sp³-hybridized carbons (Fsp3) is 0.364. The standard InChI is InChI=1S/C22H22N2O8/c1-29-11-5-6-14-13(9-11)12-7-8-24-17(21(28)32-4)16(20(27)31-3)19(26)22(24,18(12)23-14)10-15(25)30-2/h5-6,9,23H,7-8,10H2,1-4H3. The van der Waals surface area contributed by atoms with E-state index in [1.165, 1.54) is 12.0 Å². The largest absolute Gasteiger partial charge is 0.497 e. The third-order valence-electron chi connectivity index (χ3n) is 6.08. The molecule has 0 saturated heterocycles. The smallest absolute Gasteiger partial charge is 0.355 e. The minimum absolute atomic E-state index is 0.185. The van der Waals surface area contributed by atoms with E-state index in [9.17, 15) is 19.2 Å². The molecular formula is C22H22N2O8. The van der Waals surface area contributed by atoms with E-state index in [0.717, 1.165) is 30.7 Å². The number of carbonyl (C=O) groups excluding carboxylic acids is 4. The molecule has 1 aromatic carbocycles. The Morgan fingerprint density at radius 1 is 1.06 bits per heavy atom. The van der Waals surface area contributed by atoms with Crippen molar-refractivity contribution >= 4 is 34.6 Å². The van der Waals surface area contributed by atoms with Crippen molar-refractivity contribution in [3.05, 3.63) is 40.7 Å². The maximum Gasteiger partial charge on any atom is 0.355 e. The number of nitrogens with zero attached hydrogens (tertiary/aromatic N) is 1. The Morgan fingerprint density at radius 2 is 1.78 bits per heavy atom. The quantitative estimate of drug-likeness (QED) is 0.410. The highest BCUT2D eigenvalue weighted by atomic mass is 16.5. The van der Waals surface area contributed by atoms with Crippen LogP contribution in [0.1, 0.15) is 17.7 Å². The lowest BCUT2D eigenvalue weighted by atomic mass is 9.79. The van der Waals surface area contributed by atoms with Crippen LogP contribution >= 0.6 is 0 Å². The number of nitrogens with one attached hydrogen (secondary N) is 1. The Kier molecular flexibility index (Phi) is 5.15. The normalized spacial score (nSPS) is 19.5. The average Bonchev–Trinajstić information content (AvgIpc) is 3.31. The van der Waals surface area contributed by atoms with Gasteiger partial charge in [0.1, 0.15) is 17.0 Å². The molecule has 2 aliphatic heterocycles. The fourth-order valence-electron chi connectivity index (χ4n) is 4.65. The van der Waals surface area contributed by atoms with Gasteiger partial charge in [0, 0.05) is 17.4 Å². The number of carbonyl (C=O) groups is 4. The van der Waals surface area contributed by atoms with Gasteiger partial charge in [-0.1, -0.05) is 0 Å². The van der Waals surface area contributed by atoms with Crippen LogP contribution < -0.4 is 4.74 Å². The maximum atomic E-state index is 13.8. The zero-order valence-electron chi connectivity index (χ0n) is 18.1. The summed E-state index contributed by atoms with van der Waals surface area (Å²) in [6.07, 6.45) is 0.0218. The molecule has 0 fully saturated rings. The van der Waals surface area contributed by atoms with Gasteiger partial charge < -0.3 is 28.8 Å². The summed E-state index contributed by atoms with van der Waals surface area (Å²) in [5.74, 6) is -2.62. The van der Waals surface area contributed by atoms with Crippen molar-refractivity contribution in [3.63, 3.8) is 0 Å². The zero-order valence-corrected chi connectivity index (χ0v) is 18.1. The predicted octanol–water partition coefficient (Wildman–Crippen LogP) is 0.976. The van der Waals surface area contributed by atoms with Crippen LogP contribution in [0.3, 0.4) is 0 Å². The number of esters is 3. The van der Waals surface area contributed by atoms with Gasteiger partial charge in [0.2, 0.25) is 5.78 Å². The number of aromatic nitrogens is 1. The number of hydrogen-bond acceptors (Lipinski definition) is 9. The van der Waals surface area contributed by atoms with Crippen LogP contribution in [0.4, 0.5) is 0 Å². The lowest BCUT2D eigenvalue weighted by Gasteiger charge is -2.42. The molecule has 2 aliphatic rings. The number of rotatable bonds is 5. The molecule has 0 bridgehead atoms. The third-order valence-corrected chi connectivity index (χ3v) is 6.08. The molecular weight excluding hydrogens is 420 g/mol. The van der Waals surface area contributed by atoms with E-state index in [4.69, 9.17) is 18.9 Å². The van der Waals surface area contributed by atoms with Crippen LogP contribution in [0.2, 0.25) is 0 Å². The fourth-order valence-corrected chi connectivity index (χ4v) is 4.65. The second kappa shape index (κ2) is 7.70. The molecule has 0 saturated carbocycles. The molecule has 2 aromatic rings. The number of ketones is 1. The number of methoxy groups -OCH3 is 4. The lowest BCUT2D eigenvalue weighted by Crippen LogP contribution is -2.53. The van der Waals surface area contributed by atoms with Gasteiger partial charge in [0.15, 0.2) is 5.54 Å². The van der Waals surface area contributed by atoms with Crippen LogP contribution in [-0.4, -0.2) is 68.6 Å². The molecule has 4 rings (SSSR count). The monoisotopic (exact) mass is 442 g/mol. The zero-order chi connectivity index (χ0) is 23.2. The molecule has 10 nitrogen and oxygen atoms in total. The second-order valence-corrected chi connectivity index (χ2v) is 7.44. The van der Waals surface area contributed by atoms with Crippen LogP contribution in [0.5, 0.6) is 5.75 Å². The first kappa shape index (κ1) is 21.4. The van der Waals surface area contributed by atoms with Crippen LogP contribution in [0, 0.1) is 0 Å². The summed E-state index contributed by atoms with van der Waals surface area (Å²) >= 11 is 0. The molecule has 0 aliphatic carbocycles. The molecule has 1 unspecified atom stereocenters. The van der Waals surface area contributed by atoms with Crippen molar-refractivity contribution in [2.45, 2.75) is 18.4 Å². The van der Waals surface area contributed by atoms with E-state index in [1.807, 2.05) is 6.07 Å². The highest BCUT2D eigenvalue weighted by molar-refractivity contribution is 6.27. The average molecular weight is 442 g/mol. The van der Waals surface area contributed by atoms with Crippen molar-refractivity contribution < 1.29 is 38.1 Å². The molecule has 10 heteroatoms. The molecule has 0 spiro atoms. The Balaban J connectivity index is 2.02. The predicted molar refractivity (Wildman–Crippen MR) is 110 cm³/mol. The van der Waals surface area contributed by atoms with Crippen LogP contribution in [0.25, 0.3) is 10.9 Å². The van der Waals surface area contributed by atoms with E-state index in [1.54, 1.807) is 19.2 Å². The number of benzene rings is 1. The molecule has 1 atom stereocenters. The summed E-state index contributed by atoms with van der Waals surface area (Å²) in [6, 6.07) is 5.41. The van der Waals surface area contributed by atoms with Gasteiger partial charge in [-0.25, -0.2) is 9.59 Å². The number of ether oxygens (including phenoxy) is 4. The van der Waals surface area contributed by atoms with Gasteiger partial charge >= 0.3 is 17.9 Å². The summed E-state index contributed by atoms with van der Waals surface area (Å²) < 4.78 is 19.9. The highest BCUT2D eigenvalue weighted by Gasteiger charge is 2.61. The van der Waals surface area contributed by atoms with Crippen molar-refractivity contribution in [2.24, 2.45) is 0 Å². The van der Waals surface area contributed by atoms with E-state index in [0.29, 0.717) is 17.9 Å². The molecule has 0 radical (unpaired) electrons. The molecule has 32 heavy (non-hydrogen) atoms. The summed E-state index contributed by atoms with van der Waals surface area (Å²) in [7, 11) is 5.02. The summed E-state index contributed by atoms with van der Waals surface area (Å²) in [5, 5.41) is 0.821. The van der Waals surface area contributed by atoms with E-state index in [2.05, 4.69) is 4.98 Å². The lowest BCUT2D eigenvalue weighted by molar-refractivity contribution is -0.149. The van der Waals surface area contributed by atoms with Crippen molar-refractivity contribution in [1.29, 1.82) is 0 Å². The van der Waals surface area contributed by atoms with E-state index in [-0.39, 0.29) is 12.2 Å². The van der Waals surface area contributed by atoms with Crippen LogP contribution in [0.15, 0.2) is 29.5 Å². The molecule has 1 N–H and O–H groups in total. The minimum Gasteiger partial charge on any atom is -0.497 e. The van der Waals surface area contributed by atoms with Gasteiger partial charge in [-0.05, 0) is 30.2 Å². The van der Waals surface area contributed by atoms with Gasteiger partial charge in [-0.15, -0.1) is 0 Å². The van der Waals surface area contributed by atoms with E-state index < -0.39 is 41.2 Å². The first-order chi connectivity index (χ1) is 15.3. The molecule has 0 amide bonds. The Morgan fingerprint density at radius 3 is 2.41 bits per heavy atom. The second-order valence-electron chi connectivity index (χ2n) is 7.44. The summed E-state index contributed by atoms with van der Waals surface area (Å²) in [5.41, 5.74) is -0.422. The first-order valence-corrected chi connectivity index (χ1v) is 9.83. The molecule has 3 heterocycles. The SMILES string of the molecule is COC(=O)CC12C(=O)C(C(=O)OC)=C(C(=O)OC)N1CCc1c2[nH]c2ccc(OC)cc12. The maximum absolute atomic E-state index is 13.8. The molecule has 168 valence electrons. The highest BCUT2D eigenvalue weighted by Crippen LogP contribution is 2.50.